The molecule has 8 heteroatoms. The van der Waals surface area contributed by atoms with Crippen LogP contribution in [0.1, 0.15) is 21.7 Å². The zero-order valence-corrected chi connectivity index (χ0v) is 14.3. The smallest absolute Gasteiger partial charge is 0.290 e. The van der Waals surface area contributed by atoms with Gasteiger partial charge in [0.1, 0.15) is 17.2 Å². The lowest BCUT2D eigenvalue weighted by Gasteiger charge is -2.06. The van der Waals surface area contributed by atoms with Crippen LogP contribution >= 0.6 is 11.3 Å². The maximum Gasteiger partial charge on any atom is 0.290 e. The number of benzene rings is 1. The average Bonchev–Trinajstić information content (AvgIpc) is 3.14. The van der Waals surface area contributed by atoms with E-state index in [2.05, 4.69) is 15.5 Å². The lowest BCUT2D eigenvalue weighted by atomic mass is 10.2. The third kappa shape index (κ3) is 2.95. The minimum atomic E-state index is -0.323. The Morgan fingerprint density at radius 2 is 2.21 bits per heavy atom. The molecular weight excluding hydrogens is 328 g/mol. The molecule has 0 fully saturated rings. The molecule has 0 bridgehead atoms. The van der Waals surface area contributed by atoms with Crippen molar-refractivity contribution in [2.24, 2.45) is 5.10 Å². The summed E-state index contributed by atoms with van der Waals surface area (Å²) in [6, 6.07) is 5.34. The van der Waals surface area contributed by atoms with E-state index in [4.69, 9.17) is 9.47 Å². The van der Waals surface area contributed by atoms with Crippen LogP contribution in [-0.2, 0) is 0 Å². The van der Waals surface area contributed by atoms with Gasteiger partial charge in [-0.2, -0.15) is 5.10 Å². The third-order valence-corrected chi connectivity index (χ3v) is 4.21. The quantitative estimate of drug-likeness (QED) is 0.570. The first-order chi connectivity index (χ1) is 11.6. The van der Waals surface area contributed by atoms with Gasteiger partial charge in [0.25, 0.3) is 5.91 Å². The number of hydrogen-bond acceptors (Lipinski definition) is 6. The Kier molecular flexibility index (Phi) is 4.48. The highest BCUT2D eigenvalue weighted by molar-refractivity contribution is 7.15. The molecule has 1 amide bonds. The standard InChI is InChI=1S/C16H16N4O3S/c1-10-14(20-6-7-24-16(20)18-10)15(21)19-17-9-11-8-12(22-2)4-5-13(11)23-3/h4-9H,1-3H3,(H,19,21)/b17-9-. The van der Waals surface area contributed by atoms with E-state index in [0.717, 1.165) is 4.96 Å². The lowest BCUT2D eigenvalue weighted by molar-refractivity contribution is 0.0948. The van der Waals surface area contributed by atoms with Crippen molar-refractivity contribution in [3.8, 4) is 11.5 Å². The van der Waals surface area contributed by atoms with Crippen LogP contribution in [0.5, 0.6) is 11.5 Å². The summed E-state index contributed by atoms with van der Waals surface area (Å²) in [5, 5.41) is 5.89. The zero-order valence-electron chi connectivity index (χ0n) is 13.4. The maximum absolute atomic E-state index is 12.4. The lowest BCUT2D eigenvalue weighted by Crippen LogP contribution is -2.20. The van der Waals surface area contributed by atoms with Gasteiger partial charge in [0, 0.05) is 17.1 Å². The summed E-state index contributed by atoms with van der Waals surface area (Å²) in [5.41, 5.74) is 4.35. The van der Waals surface area contributed by atoms with Gasteiger partial charge in [0.2, 0.25) is 0 Å². The predicted octanol–water partition coefficient (Wildman–Crippen LogP) is 2.49. The average molecular weight is 344 g/mol. The van der Waals surface area contributed by atoms with E-state index in [1.54, 1.807) is 43.7 Å². The van der Waals surface area contributed by atoms with Crippen molar-refractivity contribution in [3.05, 3.63) is 46.7 Å². The van der Waals surface area contributed by atoms with Crippen LogP contribution in [0, 0.1) is 6.92 Å². The fourth-order valence-corrected chi connectivity index (χ4v) is 3.08. The molecule has 1 aromatic carbocycles. The van der Waals surface area contributed by atoms with Crippen LogP contribution in [0.3, 0.4) is 0 Å². The molecule has 0 saturated carbocycles. The molecule has 1 N–H and O–H groups in total. The van der Waals surface area contributed by atoms with Crippen LogP contribution in [0.15, 0.2) is 34.9 Å². The molecule has 0 spiro atoms. The summed E-state index contributed by atoms with van der Waals surface area (Å²) in [5.74, 6) is 0.987. The second-order valence-electron chi connectivity index (χ2n) is 4.91. The Bertz CT molecular complexity index is 913. The highest BCUT2D eigenvalue weighted by Gasteiger charge is 2.16. The van der Waals surface area contributed by atoms with E-state index in [0.29, 0.717) is 28.5 Å². The van der Waals surface area contributed by atoms with Gasteiger partial charge in [-0.25, -0.2) is 10.4 Å². The van der Waals surface area contributed by atoms with Gasteiger partial charge in [0.05, 0.1) is 26.1 Å². The van der Waals surface area contributed by atoms with Gasteiger partial charge in [-0.05, 0) is 25.1 Å². The van der Waals surface area contributed by atoms with Crippen molar-refractivity contribution in [1.29, 1.82) is 0 Å². The van der Waals surface area contributed by atoms with Gasteiger partial charge in [-0.15, -0.1) is 11.3 Å². The van der Waals surface area contributed by atoms with E-state index < -0.39 is 0 Å². The number of thiazole rings is 1. The number of rotatable bonds is 5. The third-order valence-electron chi connectivity index (χ3n) is 3.46. The van der Waals surface area contributed by atoms with Crippen LogP contribution in [-0.4, -0.2) is 35.7 Å². The molecule has 3 rings (SSSR count). The monoisotopic (exact) mass is 344 g/mol. The summed E-state index contributed by atoms with van der Waals surface area (Å²) in [4.78, 5) is 17.5. The Labute approximate surface area is 142 Å². The number of carbonyl (C=O) groups is 1. The number of carbonyl (C=O) groups excluding carboxylic acids is 1. The Hall–Kier alpha value is -2.87. The summed E-state index contributed by atoms with van der Waals surface area (Å²) < 4.78 is 12.2. The molecule has 7 nitrogen and oxygen atoms in total. The minimum absolute atomic E-state index is 0.323. The van der Waals surface area contributed by atoms with Gasteiger partial charge < -0.3 is 9.47 Å². The molecule has 0 saturated heterocycles. The highest BCUT2D eigenvalue weighted by atomic mass is 32.1. The molecule has 0 aliphatic heterocycles. The van der Waals surface area contributed by atoms with Crippen molar-refractivity contribution in [1.82, 2.24) is 14.8 Å². The molecule has 0 unspecified atom stereocenters. The van der Waals surface area contributed by atoms with Crippen LogP contribution in [0.4, 0.5) is 0 Å². The molecule has 3 aromatic rings. The zero-order chi connectivity index (χ0) is 17.1. The van der Waals surface area contributed by atoms with Crippen molar-refractivity contribution in [3.63, 3.8) is 0 Å². The van der Waals surface area contributed by atoms with E-state index in [1.165, 1.54) is 17.6 Å². The number of aryl methyl sites for hydroxylation is 1. The normalized spacial score (nSPS) is 11.1. The van der Waals surface area contributed by atoms with Crippen molar-refractivity contribution >= 4 is 28.4 Å². The Morgan fingerprint density at radius 3 is 2.96 bits per heavy atom. The number of nitrogens with zero attached hydrogens (tertiary/aromatic N) is 3. The number of hydrogen-bond donors (Lipinski definition) is 1. The molecular formula is C16H16N4O3S. The van der Waals surface area contributed by atoms with Crippen molar-refractivity contribution < 1.29 is 14.3 Å². The van der Waals surface area contributed by atoms with E-state index in [-0.39, 0.29) is 5.91 Å². The second-order valence-corrected chi connectivity index (χ2v) is 5.78. The largest absolute Gasteiger partial charge is 0.497 e. The van der Waals surface area contributed by atoms with Crippen molar-refractivity contribution in [2.75, 3.05) is 14.2 Å². The Balaban J connectivity index is 1.80. The first kappa shape index (κ1) is 16.0. The fourth-order valence-electron chi connectivity index (χ4n) is 2.32. The maximum atomic E-state index is 12.4. The summed E-state index contributed by atoms with van der Waals surface area (Å²) in [7, 11) is 3.15. The van der Waals surface area contributed by atoms with Gasteiger partial charge in [-0.1, -0.05) is 0 Å². The number of imidazole rings is 1. The predicted molar refractivity (Wildman–Crippen MR) is 92.4 cm³/mol. The van der Waals surface area contributed by atoms with E-state index in [9.17, 15) is 4.79 Å². The summed E-state index contributed by atoms with van der Waals surface area (Å²) in [6.45, 7) is 1.80. The number of amides is 1. The molecule has 2 aromatic heterocycles. The number of ether oxygens (including phenoxy) is 2. The number of fused-ring (bicyclic) bond motifs is 1. The highest BCUT2D eigenvalue weighted by Crippen LogP contribution is 2.22. The molecule has 24 heavy (non-hydrogen) atoms. The first-order valence-corrected chi connectivity index (χ1v) is 7.99. The number of methoxy groups -OCH3 is 2. The molecule has 2 heterocycles. The summed E-state index contributed by atoms with van der Waals surface area (Å²) in [6.07, 6.45) is 3.32. The minimum Gasteiger partial charge on any atom is -0.497 e. The first-order valence-electron chi connectivity index (χ1n) is 7.11. The number of hydrazone groups is 1. The SMILES string of the molecule is COc1ccc(OC)c(/C=N\NC(=O)c2c(C)nc3sccn23)c1. The fraction of sp³-hybridized carbons (Fsp3) is 0.188. The van der Waals surface area contributed by atoms with Gasteiger partial charge in [-0.3, -0.25) is 9.20 Å². The number of nitrogens with one attached hydrogen (secondary N) is 1. The van der Waals surface area contributed by atoms with Crippen molar-refractivity contribution in [2.45, 2.75) is 6.92 Å². The summed E-state index contributed by atoms with van der Waals surface area (Å²) >= 11 is 1.47. The van der Waals surface area contributed by atoms with Gasteiger partial charge in [0.15, 0.2) is 4.96 Å². The molecule has 0 radical (unpaired) electrons. The van der Waals surface area contributed by atoms with Crippen LogP contribution in [0.2, 0.25) is 0 Å². The van der Waals surface area contributed by atoms with E-state index in [1.807, 2.05) is 11.6 Å². The van der Waals surface area contributed by atoms with E-state index >= 15 is 0 Å². The Morgan fingerprint density at radius 1 is 1.38 bits per heavy atom. The molecule has 124 valence electrons. The van der Waals surface area contributed by atoms with Crippen LogP contribution in [0.25, 0.3) is 4.96 Å². The topological polar surface area (TPSA) is 77.2 Å². The van der Waals surface area contributed by atoms with Crippen LogP contribution < -0.4 is 14.9 Å². The number of aromatic nitrogens is 2. The second kappa shape index (κ2) is 6.71. The molecule has 0 aliphatic rings. The molecule has 0 atom stereocenters. The van der Waals surface area contributed by atoms with Gasteiger partial charge >= 0.3 is 0 Å². The molecule has 0 aliphatic carbocycles.